The van der Waals surface area contributed by atoms with E-state index in [-0.39, 0.29) is 17.9 Å². The Morgan fingerprint density at radius 3 is 2.64 bits per heavy atom. The summed E-state index contributed by atoms with van der Waals surface area (Å²) in [6.45, 7) is 6.63. The third-order valence-electron chi connectivity index (χ3n) is 5.81. The van der Waals surface area contributed by atoms with E-state index < -0.39 is 0 Å². The van der Waals surface area contributed by atoms with Crippen LogP contribution in [0.3, 0.4) is 0 Å². The molecule has 1 fully saturated rings. The first-order valence-corrected chi connectivity index (χ1v) is 11.7. The summed E-state index contributed by atoms with van der Waals surface area (Å²) in [5.41, 5.74) is 1.26. The molecule has 33 heavy (non-hydrogen) atoms. The zero-order valence-corrected chi connectivity index (χ0v) is 19.8. The van der Waals surface area contributed by atoms with Crippen molar-refractivity contribution in [3.8, 4) is 0 Å². The van der Waals surface area contributed by atoms with Gasteiger partial charge in [-0.15, -0.1) is 0 Å². The minimum Gasteiger partial charge on any atom is -0.373 e. The average Bonchev–Trinajstić information content (AvgIpc) is 2.82. The fourth-order valence-corrected chi connectivity index (χ4v) is 4.52. The smallest absolute Gasteiger partial charge is 0.254 e. The number of hydrogen-bond donors (Lipinski definition) is 0. The Hall–Kier alpha value is -2.89. The molecule has 0 radical (unpaired) electrons. The molecule has 2 amide bonds. The summed E-state index contributed by atoms with van der Waals surface area (Å²) >= 11 is 6.07. The standard InChI is InChI=1S/C27H29ClN2O3/c1-19(2)16-30(27(32)25-12-6-8-20-7-3-4-11-24(20)25)18-23-17-29(13-14-33-23)26(31)21-9-5-10-22(28)15-21/h3-12,15,19,23H,13-14,16-18H2,1-2H3. The zero-order chi connectivity index (χ0) is 23.4. The Bertz CT molecular complexity index is 1140. The van der Waals surface area contributed by atoms with Gasteiger partial charge in [-0.3, -0.25) is 9.59 Å². The number of ether oxygens (including phenoxy) is 1. The van der Waals surface area contributed by atoms with Gasteiger partial charge in [-0.1, -0.05) is 67.9 Å². The third-order valence-corrected chi connectivity index (χ3v) is 6.05. The molecular formula is C27H29ClN2O3. The first-order valence-electron chi connectivity index (χ1n) is 11.4. The van der Waals surface area contributed by atoms with E-state index in [0.29, 0.717) is 54.9 Å². The number of rotatable bonds is 6. The fraction of sp³-hybridized carbons (Fsp3) is 0.333. The van der Waals surface area contributed by atoms with Crippen LogP contribution in [-0.4, -0.2) is 60.5 Å². The maximum absolute atomic E-state index is 13.6. The van der Waals surface area contributed by atoms with Crippen LogP contribution >= 0.6 is 11.6 Å². The Morgan fingerprint density at radius 1 is 1.09 bits per heavy atom. The highest BCUT2D eigenvalue weighted by atomic mass is 35.5. The molecule has 3 aromatic rings. The second-order valence-corrected chi connectivity index (χ2v) is 9.32. The molecule has 0 aliphatic carbocycles. The van der Waals surface area contributed by atoms with E-state index in [1.165, 1.54) is 0 Å². The normalized spacial score (nSPS) is 16.2. The van der Waals surface area contributed by atoms with Gasteiger partial charge in [-0.2, -0.15) is 0 Å². The molecule has 1 aliphatic heterocycles. The zero-order valence-electron chi connectivity index (χ0n) is 19.0. The van der Waals surface area contributed by atoms with Crippen molar-refractivity contribution >= 4 is 34.2 Å². The number of carbonyl (C=O) groups excluding carboxylic acids is 2. The van der Waals surface area contributed by atoms with Gasteiger partial charge in [0.25, 0.3) is 11.8 Å². The van der Waals surface area contributed by atoms with Crippen LogP contribution in [0.4, 0.5) is 0 Å². The predicted molar refractivity (Wildman–Crippen MR) is 132 cm³/mol. The Labute approximate surface area is 199 Å². The average molecular weight is 465 g/mol. The van der Waals surface area contributed by atoms with Crippen LogP contribution in [0.15, 0.2) is 66.7 Å². The second-order valence-electron chi connectivity index (χ2n) is 8.89. The molecule has 3 aromatic carbocycles. The van der Waals surface area contributed by atoms with Crippen molar-refractivity contribution in [2.24, 2.45) is 5.92 Å². The number of benzene rings is 3. The van der Waals surface area contributed by atoms with Crippen LogP contribution in [0.25, 0.3) is 10.8 Å². The van der Waals surface area contributed by atoms with E-state index in [2.05, 4.69) is 13.8 Å². The van der Waals surface area contributed by atoms with Gasteiger partial charge in [0.1, 0.15) is 0 Å². The molecule has 1 unspecified atom stereocenters. The van der Waals surface area contributed by atoms with Gasteiger partial charge in [0.05, 0.1) is 12.7 Å². The molecule has 1 atom stereocenters. The number of nitrogens with zero attached hydrogens (tertiary/aromatic N) is 2. The summed E-state index contributed by atoms with van der Waals surface area (Å²) in [6, 6.07) is 20.7. The minimum atomic E-state index is -0.250. The summed E-state index contributed by atoms with van der Waals surface area (Å²) in [5, 5.41) is 2.52. The molecule has 0 aromatic heterocycles. The van der Waals surface area contributed by atoms with Gasteiger partial charge in [0.2, 0.25) is 0 Å². The highest BCUT2D eigenvalue weighted by Gasteiger charge is 2.29. The molecule has 1 aliphatic rings. The van der Waals surface area contributed by atoms with E-state index >= 15 is 0 Å². The molecule has 0 bridgehead atoms. The molecule has 6 heteroatoms. The van der Waals surface area contributed by atoms with Crippen LogP contribution in [0.2, 0.25) is 5.02 Å². The maximum Gasteiger partial charge on any atom is 0.254 e. The molecule has 172 valence electrons. The summed E-state index contributed by atoms with van der Waals surface area (Å²) < 4.78 is 5.99. The number of hydrogen-bond acceptors (Lipinski definition) is 3. The van der Waals surface area contributed by atoms with Crippen molar-refractivity contribution in [3.63, 3.8) is 0 Å². The maximum atomic E-state index is 13.6. The topological polar surface area (TPSA) is 49.9 Å². The molecule has 0 spiro atoms. The van der Waals surface area contributed by atoms with Gasteiger partial charge in [0, 0.05) is 42.3 Å². The first-order chi connectivity index (χ1) is 15.9. The molecule has 5 nitrogen and oxygen atoms in total. The highest BCUT2D eigenvalue weighted by Crippen LogP contribution is 2.22. The summed E-state index contributed by atoms with van der Waals surface area (Å²) in [7, 11) is 0. The van der Waals surface area contributed by atoms with E-state index in [1.807, 2.05) is 47.4 Å². The predicted octanol–water partition coefficient (Wildman–Crippen LogP) is 5.13. The molecule has 4 rings (SSSR count). The van der Waals surface area contributed by atoms with Crippen molar-refractivity contribution in [3.05, 3.63) is 82.9 Å². The van der Waals surface area contributed by atoms with E-state index in [1.54, 1.807) is 29.2 Å². The highest BCUT2D eigenvalue weighted by molar-refractivity contribution is 6.30. The Morgan fingerprint density at radius 2 is 1.85 bits per heavy atom. The Kier molecular flexibility index (Phi) is 7.31. The number of halogens is 1. The van der Waals surface area contributed by atoms with E-state index in [0.717, 1.165) is 10.8 Å². The van der Waals surface area contributed by atoms with Crippen LogP contribution < -0.4 is 0 Å². The lowest BCUT2D eigenvalue weighted by Crippen LogP contribution is -2.51. The number of fused-ring (bicyclic) bond motifs is 1. The lowest BCUT2D eigenvalue weighted by molar-refractivity contribution is -0.0339. The van der Waals surface area contributed by atoms with Gasteiger partial charge >= 0.3 is 0 Å². The fourth-order valence-electron chi connectivity index (χ4n) is 4.33. The van der Waals surface area contributed by atoms with E-state index in [9.17, 15) is 9.59 Å². The van der Waals surface area contributed by atoms with Crippen LogP contribution in [0, 0.1) is 5.92 Å². The largest absolute Gasteiger partial charge is 0.373 e. The number of amides is 2. The first kappa shape index (κ1) is 23.3. The molecule has 1 heterocycles. The van der Waals surface area contributed by atoms with Crippen LogP contribution in [0.1, 0.15) is 34.6 Å². The summed E-state index contributed by atoms with van der Waals surface area (Å²) in [4.78, 5) is 30.3. The lowest BCUT2D eigenvalue weighted by atomic mass is 10.0. The van der Waals surface area contributed by atoms with Gasteiger partial charge in [0.15, 0.2) is 0 Å². The number of carbonyl (C=O) groups is 2. The quantitative estimate of drug-likeness (QED) is 0.508. The summed E-state index contributed by atoms with van der Waals surface area (Å²) in [5.74, 6) is 0.223. The Balaban J connectivity index is 1.52. The van der Waals surface area contributed by atoms with Crippen LogP contribution in [0.5, 0.6) is 0 Å². The molecular weight excluding hydrogens is 436 g/mol. The number of morpholine rings is 1. The molecule has 0 saturated carbocycles. The van der Waals surface area contributed by atoms with Crippen molar-refractivity contribution in [2.75, 3.05) is 32.8 Å². The van der Waals surface area contributed by atoms with Gasteiger partial charge in [-0.05, 0) is 41.0 Å². The monoisotopic (exact) mass is 464 g/mol. The van der Waals surface area contributed by atoms with E-state index in [4.69, 9.17) is 16.3 Å². The molecule has 1 saturated heterocycles. The SMILES string of the molecule is CC(C)CN(CC1CN(C(=O)c2cccc(Cl)c2)CCO1)C(=O)c1cccc2ccccc12. The second kappa shape index (κ2) is 10.4. The van der Waals surface area contributed by atoms with Gasteiger partial charge < -0.3 is 14.5 Å². The minimum absolute atomic E-state index is 0.0117. The van der Waals surface area contributed by atoms with Crippen molar-refractivity contribution in [1.29, 1.82) is 0 Å². The van der Waals surface area contributed by atoms with Crippen molar-refractivity contribution in [2.45, 2.75) is 20.0 Å². The molecule has 0 N–H and O–H groups in total. The van der Waals surface area contributed by atoms with Crippen LogP contribution in [-0.2, 0) is 4.74 Å². The summed E-state index contributed by atoms with van der Waals surface area (Å²) in [6.07, 6.45) is -0.250. The van der Waals surface area contributed by atoms with Crippen molar-refractivity contribution < 1.29 is 14.3 Å². The lowest BCUT2D eigenvalue weighted by Gasteiger charge is -2.36. The van der Waals surface area contributed by atoms with Crippen molar-refractivity contribution in [1.82, 2.24) is 9.80 Å². The van der Waals surface area contributed by atoms with Gasteiger partial charge in [-0.25, -0.2) is 0 Å². The third kappa shape index (κ3) is 5.55.